The van der Waals surface area contributed by atoms with E-state index in [9.17, 15) is 24.8 Å². The molecule has 0 aliphatic heterocycles. The maximum atomic E-state index is 12.0. The number of aliphatic hydroxyl groups is 1. The first kappa shape index (κ1) is 18.7. The zero-order valence-corrected chi connectivity index (χ0v) is 13.9. The van der Waals surface area contributed by atoms with E-state index in [-0.39, 0.29) is 29.4 Å². The van der Waals surface area contributed by atoms with E-state index in [1.165, 1.54) is 19.2 Å². The van der Waals surface area contributed by atoms with Crippen molar-refractivity contribution in [3.63, 3.8) is 0 Å². The molecular weight excluding hydrogens is 330 g/mol. The molecule has 25 heavy (non-hydrogen) atoms. The van der Waals surface area contributed by atoms with E-state index in [1.54, 1.807) is 0 Å². The highest BCUT2D eigenvalue weighted by Gasteiger charge is 2.26. The van der Waals surface area contributed by atoms with Gasteiger partial charge in [-0.25, -0.2) is 0 Å². The number of hydrogen-bond donors (Lipinski definition) is 3. The van der Waals surface area contributed by atoms with Crippen molar-refractivity contribution in [1.82, 2.24) is 5.32 Å². The summed E-state index contributed by atoms with van der Waals surface area (Å²) < 4.78 is 4.41. The molecule has 1 aliphatic carbocycles. The average Bonchev–Trinajstić information content (AvgIpc) is 3.02. The number of nitro benzene ring substituents is 1. The maximum absolute atomic E-state index is 12.0. The monoisotopic (exact) mass is 351 g/mol. The topological polar surface area (TPSA) is 131 Å². The van der Waals surface area contributed by atoms with Gasteiger partial charge in [0.15, 0.2) is 0 Å². The molecule has 0 heterocycles. The number of esters is 1. The molecule has 1 aliphatic rings. The summed E-state index contributed by atoms with van der Waals surface area (Å²) in [5.74, 6) is -1.16. The third-order valence-electron chi connectivity index (χ3n) is 4.25. The zero-order chi connectivity index (χ0) is 18.4. The molecule has 0 radical (unpaired) electrons. The van der Waals surface area contributed by atoms with E-state index in [0.717, 1.165) is 25.3 Å². The minimum absolute atomic E-state index is 0.0580. The number of carbonyl (C=O) groups excluding carboxylic acids is 2. The van der Waals surface area contributed by atoms with Crippen LogP contribution in [0.5, 0.6) is 0 Å². The number of benzene rings is 1. The first-order valence-electron chi connectivity index (χ1n) is 7.97. The Kier molecular flexibility index (Phi) is 6.29. The fraction of sp³-hybridized carbons (Fsp3) is 0.500. The molecule has 1 amide bonds. The predicted molar refractivity (Wildman–Crippen MR) is 89.3 cm³/mol. The van der Waals surface area contributed by atoms with E-state index < -0.39 is 22.9 Å². The Morgan fingerprint density at radius 2 is 2.16 bits per heavy atom. The molecule has 9 nitrogen and oxygen atoms in total. The lowest BCUT2D eigenvalue weighted by atomic mass is 10.1. The molecule has 1 saturated carbocycles. The molecule has 1 fully saturated rings. The number of hydrogen-bond acceptors (Lipinski definition) is 7. The van der Waals surface area contributed by atoms with E-state index in [4.69, 9.17) is 0 Å². The van der Waals surface area contributed by atoms with Gasteiger partial charge in [0.1, 0.15) is 12.2 Å². The van der Waals surface area contributed by atoms with Crippen molar-refractivity contribution in [2.75, 3.05) is 25.5 Å². The van der Waals surface area contributed by atoms with Crippen molar-refractivity contribution in [1.29, 1.82) is 0 Å². The number of anilines is 1. The lowest BCUT2D eigenvalue weighted by molar-refractivity contribution is -0.384. The van der Waals surface area contributed by atoms with Crippen LogP contribution >= 0.6 is 0 Å². The number of nitrogens with one attached hydrogen (secondary N) is 2. The molecule has 0 saturated heterocycles. The molecule has 0 bridgehead atoms. The van der Waals surface area contributed by atoms with Gasteiger partial charge in [-0.15, -0.1) is 0 Å². The minimum atomic E-state index is -0.615. The van der Waals surface area contributed by atoms with Gasteiger partial charge in [0, 0.05) is 24.1 Å². The fourth-order valence-electron chi connectivity index (χ4n) is 2.80. The van der Waals surface area contributed by atoms with Gasteiger partial charge in [0.05, 0.1) is 18.1 Å². The van der Waals surface area contributed by atoms with Gasteiger partial charge in [-0.3, -0.25) is 19.7 Å². The number of methoxy groups -OCH3 is 1. The Morgan fingerprint density at radius 3 is 2.76 bits per heavy atom. The lowest BCUT2D eigenvalue weighted by Crippen LogP contribution is -2.30. The first-order chi connectivity index (χ1) is 11.9. The van der Waals surface area contributed by atoms with Crippen LogP contribution in [0.4, 0.5) is 11.4 Å². The first-order valence-corrected chi connectivity index (χ1v) is 7.97. The van der Waals surface area contributed by atoms with Crippen LogP contribution in [0.25, 0.3) is 0 Å². The van der Waals surface area contributed by atoms with Crippen LogP contribution in [0, 0.1) is 16.0 Å². The van der Waals surface area contributed by atoms with Crippen LogP contribution in [-0.2, 0) is 9.53 Å². The van der Waals surface area contributed by atoms with E-state index in [1.807, 2.05) is 0 Å². The summed E-state index contributed by atoms with van der Waals surface area (Å²) in [6.07, 6.45) is 2.16. The second-order valence-corrected chi connectivity index (χ2v) is 5.89. The van der Waals surface area contributed by atoms with Gasteiger partial charge >= 0.3 is 5.97 Å². The van der Waals surface area contributed by atoms with Crippen LogP contribution in [0.3, 0.4) is 0 Å². The van der Waals surface area contributed by atoms with Crippen molar-refractivity contribution in [2.45, 2.75) is 25.4 Å². The molecule has 1 aromatic carbocycles. The SMILES string of the molecule is COC(=O)CNC(=O)c1ccc(NC[C@H]2CCC[C@H]2O)c([N+](=O)[O-])c1. The minimum Gasteiger partial charge on any atom is -0.468 e. The van der Waals surface area contributed by atoms with Crippen LogP contribution in [0.2, 0.25) is 0 Å². The van der Waals surface area contributed by atoms with Gasteiger partial charge in [0.2, 0.25) is 0 Å². The Hall–Kier alpha value is -2.68. The number of aliphatic hydroxyl groups excluding tert-OH is 1. The van der Waals surface area contributed by atoms with Gasteiger partial charge < -0.3 is 20.5 Å². The third-order valence-corrected chi connectivity index (χ3v) is 4.25. The van der Waals surface area contributed by atoms with Crippen LogP contribution in [-0.4, -0.2) is 48.2 Å². The van der Waals surface area contributed by atoms with E-state index >= 15 is 0 Å². The fourth-order valence-corrected chi connectivity index (χ4v) is 2.80. The van der Waals surface area contributed by atoms with Crippen molar-refractivity contribution >= 4 is 23.3 Å². The number of ether oxygens (including phenoxy) is 1. The smallest absolute Gasteiger partial charge is 0.325 e. The average molecular weight is 351 g/mol. The second-order valence-electron chi connectivity index (χ2n) is 5.89. The van der Waals surface area contributed by atoms with Crippen LogP contribution in [0.15, 0.2) is 18.2 Å². The second kappa shape index (κ2) is 8.43. The Morgan fingerprint density at radius 1 is 1.40 bits per heavy atom. The van der Waals surface area contributed by atoms with Crippen LogP contribution in [0.1, 0.15) is 29.6 Å². The van der Waals surface area contributed by atoms with Crippen molar-refractivity contribution in [2.24, 2.45) is 5.92 Å². The molecule has 0 spiro atoms. The summed E-state index contributed by atoms with van der Waals surface area (Å²) in [6, 6.07) is 4.04. The predicted octanol–water partition coefficient (Wildman–Crippen LogP) is 1.07. The van der Waals surface area contributed by atoms with Crippen LogP contribution < -0.4 is 10.6 Å². The molecule has 0 aromatic heterocycles. The molecule has 136 valence electrons. The Balaban J connectivity index is 2.07. The highest BCUT2D eigenvalue weighted by molar-refractivity contribution is 5.97. The quantitative estimate of drug-likeness (QED) is 0.380. The normalized spacial score (nSPS) is 19.3. The number of amides is 1. The summed E-state index contributed by atoms with van der Waals surface area (Å²) in [6.45, 7) is 0.110. The Labute approximate surface area is 144 Å². The number of nitro groups is 1. The summed E-state index contributed by atoms with van der Waals surface area (Å²) in [7, 11) is 1.20. The highest BCUT2D eigenvalue weighted by Crippen LogP contribution is 2.29. The molecular formula is C16H21N3O6. The molecule has 3 N–H and O–H groups in total. The summed E-state index contributed by atoms with van der Waals surface area (Å²) in [5, 5.41) is 26.4. The van der Waals surface area contributed by atoms with Crippen molar-refractivity contribution in [3.8, 4) is 0 Å². The van der Waals surface area contributed by atoms with Crippen molar-refractivity contribution < 1.29 is 24.4 Å². The van der Waals surface area contributed by atoms with Gasteiger partial charge in [-0.05, 0) is 25.0 Å². The summed E-state index contributed by atoms with van der Waals surface area (Å²) >= 11 is 0. The van der Waals surface area contributed by atoms with Crippen molar-refractivity contribution in [3.05, 3.63) is 33.9 Å². The van der Waals surface area contributed by atoms with Gasteiger partial charge in [-0.1, -0.05) is 6.42 Å². The highest BCUT2D eigenvalue weighted by atomic mass is 16.6. The van der Waals surface area contributed by atoms with E-state index in [2.05, 4.69) is 15.4 Å². The Bertz CT molecular complexity index is 663. The summed E-state index contributed by atoms with van der Waals surface area (Å²) in [5.41, 5.74) is 0.119. The lowest BCUT2D eigenvalue weighted by Gasteiger charge is -2.16. The maximum Gasteiger partial charge on any atom is 0.325 e. The molecule has 1 aromatic rings. The standard InChI is InChI=1S/C16H21N3O6/c1-25-15(21)9-18-16(22)10-5-6-12(13(7-10)19(23)24)17-8-11-3-2-4-14(11)20/h5-7,11,14,17,20H,2-4,8-9H2,1H3,(H,18,22)/t11-,14-/m1/s1. The summed E-state index contributed by atoms with van der Waals surface area (Å²) in [4.78, 5) is 33.7. The third kappa shape index (κ3) is 4.90. The largest absolute Gasteiger partial charge is 0.468 e. The molecule has 9 heteroatoms. The van der Waals surface area contributed by atoms with Gasteiger partial charge in [0.25, 0.3) is 11.6 Å². The number of carbonyl (C=O) groups is 2. The number of rotatable bonds is 7. The van der Waals surface area contributed by atoms with E-state index in [0.29, 0.717) is 6.54 Å². The number of nitrogens with zero attached hydrogens (tertiary/aromatic N) is 1. The molecule has 2 rings (SSSR count). The van der Waals surface area contributed by atoms with Gasteiger partial charge in [-0.2, -0.15) is 0 Å². The molecule has 0 unspecified atom stereocenters. The molecule has 2 atom stereocenters. The zero-order valence-electron chi connectivity index (χ0n) is 13.9.